The van der Waals surface area contributed by atoms with Gasteiger partial charge in [-0.15, -0.1) is 11.3 Å². The van der Waals surface area contributed by atoms with Crippen molar-refractivity contribution in [3.8, 4) is 17.0 Å². The molecular weight excluding hydrogens is 386 g/mol. The highest BCUT2D eigenvalue weighted by Crippen LogP contribution is 2.32. The molecule has 2 aliphatic heterocycles. The van der Waals surface area contributed by atoms with E-state index in [0.717, 1.165) is 61.8 Å². The van der Waals surface area contributed by atoms with E-state index in [2.05, 4.69) is 31.2 Å². The minimum atomic E-state index is -0.00702. The highest BCUT2D eigenvalue weighted by Gasteiger charge is 2.26. The molecule has 3 aromatic rings. The summed E-state index contributed by atoms with van der Waals surface area (Å²) in [5.41, 5.74) is 3.16. The van der Waals surface area contributed by atoms with Crippen molar-refractivity contribution in [2.24, 2.45) is 5.92 Å². The van der Waals surface area contributed by atoms with Crippen molar-refractivity contribution in [1.82, 2.24) is 15.0 Å². The molecule has 1 fully saturated rings. The van der Waals surface area contributed by atoms with Crippen LogP contribution in [0.3, 0.4) is 0 Å². The number of hydrogen-bond donors (Lipinski definition) is 1. The molecule has 0 spiro atoms. The fourth-order valence-corrected chi connectivity index (χ4v) is 4.57. The summed E-state index contributed by atoms with van der Waals surface area (Å²) in [6, 6.07) is 6.15. The maximum Gasteiger partial charge on any atom is 0.229 e. The van der Waals surface area contributed by atoms with E-state index >= 15 is 0 Å². The number of carbonyl (C=O) groups excluding carboxylic acids is 1. The summed E-state index contributed by atoms with van der Waals surface area (Å²) in [6.07, 6.45) is 7.66. The highest BCUT2D eigenvalue weighted by atomic mass is 32.1. The molecule has 148 valence electrons. The molecule has 1 amide bonds. The number of nitrogens with zero attached hydrogens (tertiary/aromatic N) is 4. The van der Waals surface area contributed by atoms with E-state index in [9.17, 15) is 4.79 Å². The number of nitrogens with one attached hydrogen (secondary N) is 1. The topological polar surface area (TPSA) is 80.2 Å². The molecule has 0 radical (unpaired) electrons. The third-order valence-corrected chi connectivity index (χ3v) is 6.22. The summed E-state index contributed by atoms with van der Waals surface area (Å²) in [5.74, 6) is 1.88. The number of anilines is 2. The number of thiazole rings is 1. The zero-order valence-electron chi connectivity index (χ0n) is 15.9. The van der Waals surface area contributed by atoms with Crippen LogP contribution in [0, 0.1) is 5.92 Å². The minimum Gasteiger partial charge on any atom is -0.493 e. The Labute approximate surface area is 172 Å². The quantitative estimate of drug-likeness (QED) is 0.714. The first kappa shape index (κ1) is 18.1. The lowest BCUT2D eigenvalue weighted by Crippen LogP contribution is -2.38. The molecule has 0 atom stereocenters. The van der Waals surface area contributed by atoms with E-state index in [1.165, 1.54) is 16.9 Å². The van der Waals surface area contributed by atoms with E-state index in [-0.39, 0.29) is 11.8 Å². The van der Waals surface area contributed by atoms with Gasteiger partial charge in [0.15, 0.2) is 5.13 Å². The molecule has 2 aliphatic rings. The predicted octanol–water partition coefficient (Wildman–Crippen LogP) is 3.39. The first-order chi connectivity index (χ1) is 14.3. The van der Waals surface area contributed by atoms with Gasteiger partial charge in [-0.05, 0) is 36.6 Å². The first-order valence-electron chi connectivity index (χ1n) is 9.80. The average molecular weight is 407 g/mol. The van der Waals surface area contributed by atoms with Crippen molar-refractivity contribution < 1.29 is 9.53 Å². The van der Waals surface area contributed by atoms with Crippen LogP contribution in [0.5, 0.6) is 5.75 Å². The second-order valence-electron chi connectivity index (χ2n) is 7.27. The zero-order chi connectivity index (χ0) is 19.6. The maximum atomic E-state index is 12.7. The summed E-state index contributed by atoms with van der Waals surface area (Å²) in [7, 11) is 0. The number of rotatable bonds is 4. The lowest BCUT2D eigenvalue weighted by molar-refractivity contribution is -0.120. The lowest BCUT2D eigenvalue weighted by atomic mass is 9.96. The summed E-state index contributed by atoms with van der Waals surface area (Å²) >= 11 is 1.46. The number of benzene rings is 1. The van der Waals surface area contributed by atoms with Crippen LogP contribution >= 0.6 is 11.3 Å². The van der Waals surface area contributed by atoms with Crippen molar-refractivity contribution >= 4 is 28.2 Å². The van der Waals surface area contributed by atoms with Crippen molar-refractivity contribution in [1.29, 1.82) is 0 Å². The largest absolute Gasteiger partial charge is 0.493 e. The fraction of sp³-hybridized carbons (Fsp3) is 0.333. The second kappa shape index (κ2) is 7.79. The van der Waals surface area contributed by atoms with E-state index in [1.807, 2.05) is 17.5 Å². The van der Waals surface area contributed by atoms with Gasteiger partial charge in [-0.1, -0.05) is 0 Å². The van der Waals surface area contributed by atoms with Crippen LogP contribution < -0.4 is 15.0 Å². The number of hydrogen-bond acceptors (Lipinski definition) is 7. The van der Waals surface area contributed by atoms with E-state index in [1.54, 1.807) is 18.6 Å². The zero-order valence-corrected chi connectivity index (χ0v) is 16.7. The summed E-state index contributed by atoms with van der Waals surface area (Å²) in [4.78, 5) is 28.0. The smallest absolute Gasteiger partial charge is 0.229 e. The maximum absolute atomic E-state index is 12.7. The van der Waals surface area contributed by atoms with Crippen LogP contribution in [-0.2, 0) is 11.2 Å². The van der Waals surface area contributed by atoms with Gasteiger partial charge in [0.25, 0.3) is 0 Å². The molecule has 1 saturated heterocycles. The number of amides is 1. The molecule has 5 rings (SSSR count). The van der Waals surface area contributed by atoms with Gasteiger partial charge in [-0.25, -0.2) is 9.97 Å². The van der Waals surface area contributed by atoms with Crippen LogP contribution in [0.15, 0.2) is 42.2 Å². The Hall–Kier alpha value is -3.00. The third-order valence-electron chi connectivity index (χ3n) is 5.46. The molecule has 4 heterocycles. The molecule has 0 aliphatic carbocycles. The van der Waals surface area contributed by atoms with Crippen LogP contribution in [0.4, 0.5) is 10.9 Å². The Morgan fingerprint density at radius 2 is 2.14 bits per heavy atom. The molecule has 2 aromatic heterocycles. The summed E-state index contributed by atoms with van der Waals surface area (Å²) < 4.78 is 5.56. The first-order valence-corrected chi connectivity index (χ1v) is 10.7. The molecule has 1 N–H and O–H groups in total. The number of fused-ring (bicyclic) bond motifs is 1. The van der Waals surface area contributed by atoms with Gasteiger partial charge < -0.3 is 15.0 Å². The standard InChI is InChI=1S/C21H21N5O2S/c27-20(14-3-8-26(9-4-14)19-12-22-6-7-23-19)25-21-24-17(13-29-21)15-1-2-18-16(11-15)5-10-28-18/h1-2,6-7,11-14H,3-5,8-10H2,(H,24,25,27). The Kier molecular flexibility index (Phi) is 4.85. The van der Waals surface area contributed by atoms with E-state index in [0.29, 0.717) is 5.13 Å². The van der Waals surface area contributed by atoms with Gasteiger partial charge in [0, 0.05) is 48.8 Å². The van der Waals surface area contributed by atoms with Gasteiger partial charge in [-0.3, -0.25) is 9.78 Å². The van der Waals surface area contributed by atoms with Crippen LogP contribution in [0.25, 0.3) is 11.3 Å². The summed E-state index contributed by atoms with van der Waals surface area (Å²) in [6.45, 7) is 2.35. The monoisotopic (exact) mass is 407 g/mol. The molecule has 0 unspecified atom stereocenters. The predicted molar refractivity (Wildman–Crippen MR) is 112 cm³/mol. The number of ether oxygens (including phenoxy) is 1. The Morgan fingerprint density at radius 3 is 2.97 bits per heavy atom. The Balaban J connectivity index is 1.20. The van der Waals surface area contributed by atoms with Gasteiger partial charge in [0.1, 0.15) is 11.6 Å². The van der Waals surface area contributed by atoms with Gasteiger partial charge in [0.2, 0.25) is 5.91 Å². The van der Waals surface area contributed by atoms with Crippen LogP contribution in [0.2, 0.25) is 0 Å². The molecule has 8 heteroatoms. The SMILES string of the molecule is O=C(Nc1nc(-c2ccc3c(c2)CCO3)cs1)C1CCN(c2cnccn2)CC1. The molecule has 29 heavy (non-hydrogen) atoms. The molecule has 1 aromatic carbocycles. The molecule has 0 bridgehead atoms. The number of carbonyl (C=O) groups is 1. The highest BCUT2D eigenvalue weighted by molar-refractivity contribution is 7.14. The molecule has 0 saturated carbocycles. The Morgan fingerprint density at radius 1 is 1.24 bits per heavy atom. The molecule has 7 nitrogen and oxygen atoms in total. The van der Waals surface area contributed by atoms with Crippen LogP contribution in [-0.4, -0.2) is 40.6 Å². The van der Waals surface area contributed by atoms with Crippen LogP contribution in [0.1, 0.15) is 18.4 Å². The van der Waals surface area contributed by atoms with Crippen molar-refractivity contribution in [2.75, 3.05) is 29.9 Å². The van der Waals surface area contributed by atoms with Crippen molar-refractivity contribution in [3.63, 3.8) is 0 Å². The minimum absolute atomic E-state index is 0.00702. The Bertz CT molecular complexity index is 1010. The van der Waals surface area contributed by atoms with Crippen molar-refractivity contribution in [3.05, 3.63) is 47.7 Å². The van der Waals surface area contributed by atoms with Crippen molar-refractivity contribution in [2.45, 2.75) is 19.3 Å². The average Bonchev–Trinajstić information content (AvgIpc) is 3.43. The van der Waals surface area contributed by atoms with Gasteiger partial charge in [-0.2, -0.15) is 0 Å². The van der Waals surface area contributed by atoms with E-state index < -0.39 is 0 Å². The fourth-order valence-electron chi connectivity index (χ4n) is 3.84. The normalized spacial score (nSPS) is 16.3. The summed E-state index contributed by atoms with van der Waals surface area (Å²) in [5, 5.41) is 5.65. The second-order valence-corrected chi connectivity index (χ2v) is 8.13. The van der Waals surface area contributed by atoms with Gasteiger partial charge in [0.05, 0.1) is 18.5 Å². The lowest BCUT2D eigenvalue weighted by Gasteiger charge is -2.31. The van der Waals surface area contributed by atoms with E-state index in [4.69, 9.17) is 4.74 Å². The third kappa shape index (κ3) is 3.80. The van der Waals surface area contributed by atoms with Gasteiger partial charge >= 0.3 is 0 Å². The number of aromatic nitrogens is 3. The molecular formula is C21H21N5O2S. The number of piperidine rings is 1.